The lowest BCUT2D eigenvalue weighted by Crippen LogP contribution is -2.35. The first-order chi connectivity index (χ1) is 7.72. The number of nitrogens with zero attached hydrogens (tertiary/aromatic N) is 1. The summed E-state index contributed by atoms with van der Waals surface area (Å²) < 4.78 is 0. The van der Waals surface area contributed by atoms with E-state index in [-0.39, 0.29) is 12.1 Å². The van der Waals surface area contributed by atoms with Crippen molar-refractivity contribution in [3.05, 3.63) is 28.8 Å². The van der Waals surface area contributed by atoms with Crippen LogP contribution in [-0.2, 0) is 0 Å². The molecule has 84 valence electrons. The van der Waals surface area contributed by atoms with Crippen LogP contribution in [0.1, 0.15) is 24.8 Å². The van der Waals surface area contributed by atoms with Crippen LogP contribution >= 0.6 is 11.6 Å². The highest BCUT2D eigenvalue weighted by Crippen LogP contribution is 2.27. The molecule has 0 bridgehead atoms. The van der Waals surface area contributed by atoms with Crippen LogP contribution in [0.15, 0.2) is 18.2 Å². The molecule has 1 fully saturated rings. The molecule has 4 heteroatoms. The number of nitrogens with two attached hydrogens (primary N) is 1. The Kier molecular flexibility index (Phi) is 3.33. The van der Waals surface area contributed by atoms with Crippen molar-refractivity contribution < 1.29 is 0 Å². The largest absolute Gasteiger partial charge is 0.380 e. The molecule has 3 nitrogen and oxygen atoms in total. The third-order valence-electron chi connectivity index (χ3n) is 3.04. The van der Waals surface area contributed by atoms with Gasteiger partial charge in [-0.1, -0.05) is 17.7 Å². The summed E-state index contributed by atoms with van der Waals surface area (Å²) in [5.74, 6) is 0. The summed E-state index contributed by atoms with van der Waals surface area (Å²) in [6, 6.07) is 7.98. The van der Waals surface area contributed by atoms with Gasteiger partial charge in [-0.25, -0.2) is 0 Å². The van der Waals surface area contributed by atoms with Crippen molar-refractivity contribution in [2.45, 2.75) is 31.3 Å². The Bertz CT molecular complexity index is 425. The van der Waals surface area contributed by atoms with Gasteiger partial charge in [-0.15, -0.1) is 0 Å². The van der Waals surface area contributed by atoms with E-state index in [0.29, 0.717) is 10.6 Å². The monoisotopic (exact) mass is 235 g/mol. The van der Waals surface area contributed by atoms with Gasteiger partial charge in [0.15, 0.2) is 0 Å². The molecule has 2 rings (SSSR count). The molecule has 1 aliphatic rings. The molecular weight excluding hydrogens is 222 g/mol. The second-order valence-electron chi connectivity index (χ2n) is 4.12. The van der Waals surface area contributed by atoms with Crippen molar-refractivity contribution in [3.63, 3.8) is 0 Å². The van der Waals surface area contributed by atoms with Gasteiger partial charge in [0.2, 0.25) is 0 Å². The third kappa shape index (κ3) is 2.13. The number of hydrogen-bond acceptors (Lipinski definition) is 3. The van der Waals surface area contributed by atoms with E-state index >= 15 is 0 Å². The molecule has 1 aromatic carbocycles. The summed E-state index contributed by atoms with van der Waals surface area (Å²) in [6.45, 7) is 0. The van der Waals surface area contributed by atoms with E-state index in [4.69, 9.17) is 22.6 Å². The minimum atomic E-state index is 0.172. The minimum absolute atomic E-state index is 0.172. The molecule has 2 unspecified atom stereocenters. The second-order valence-corrected chi connectivity index (χ2v) is 4.53. The first kappa shape index (κ1) is 11.3. The van der Waals surface area contributed by atoms with Gasteiger partial charge in [0.25, 0.3) is 0 Å². The topological polar surface area (TPSA) is 61.8 Å². The SMILES string of the molecule is N#Cc1c(Cl)cccc1NC1CCCC1N. The molecule has 16 heavy (non-hydrogen) atoms. The van der Waals surface area contributed by atoms with Crippen molar-refractivity contribution in [2.24, 2.45) is 5.73 Å². The van der Waals surface area contributed by atoms with Gasteiger partial charge in [-0.05, 0) is 31.4 Å². The average Bonchev–Trinajstić information content (AvgIpc) is 2.65. The van der Waals surface area contributed by atoms with Crippen molar-refractivity contribution in [1.82, 2.24) is 0 Å². The summed E-state index contributed by atoms with van der Waals surface area (Å²) in [5.41, 5.74) is 7.27. The van der Waals surface area contributed by atoms with Gasteiger partial charge in [0, 0.05) is 12.1 Å². The smallest absolute Gasteiger partial charge is 0.103 e. The highest BCUT2D eigenvalue weighted by atomic mass is 35.5. The van der Waals surface area contributed by atoms with E-state index in [0.717, 1.165) is 24.9 Å². The molecule has 0 saturated heterocycles. The van der Waals surface area contributed by atoms with Crippen LogP contribution < -0.4 is 11.1 Å². The van der Waals surface area contributed by atoms with Crippen LogP contribution in [-0.4, -0.2) is 12.1 Å². The maximum absolute atomic E-state index is 9.03. The molecule has 0 heterocycles. The van der Waals surface area contributed by atoms with Gasteiger partial charge in [0.1, 0.15) is 6.07 Å². The van der Waals surface area contributed by atoms with Crippen LogP contribution in [0.4, 0.5) is 5.69 Å². The summed E-state index contributed by atoms with van der Waals surface area (Å²) >= 11 is 5.96. The van der Waals surface area contributed by atoms with Crippen LogP contribution in [0.2, 0.25) is 5.02 Å². The van der Waals surface area contributed by atoms with Crippen LogP contribution in [0.5, 0.6) is 0 Å². The van der Waals surface area contributed by atoms with Crippen molar-refractivity contribution >= 4 is 17.3 Å². The normalized spacial score (nSPS) is 24.1. The van der Waals surface area contributed by atoms with Crippen LogP contribution in [0.3, 0.4) is 0 Å². The Morgan fingerprint density at radius 2 is 2.25 bits per heavy atom. The van der Waals surface area contributed by atoms with Gasteiger partial charge in [0.05, 0.1) is 16.3 Å². The van der Waals surface area contributed by atoms with E-state index < -0.39 is 0 Å². The van der Waals surface area contributed by atoms with E-state index in [9.17, 15) is 0 Å². The maximum atomic E-state index is 9.03. The van der Waals surface area contributed by atoms with Gasteiger partial charge in [-0.2, -0.15) is 5.26 Å². The highest BCUT2D eigenvalue weighted by Gasteiger charge is 2.24. The maximum Gasteiger partial charge on any atom is 0.103 e. The summed E-state index contributed by atoms with van der Waals surface area (Å²) in [7, 11) is 0. The van der Waals surface area contributed by atoms with Crippen molar-refractivity contribution in [2.75, 3.05) is 5.32 Å². The van der Waals surface area contributed by atoms with Gasteiger partial charge >= 0.3 is 0 Å². The molecule has 1 aliphatic carbocycles. The number of rotatable bonds is 2. The molecule has 0 spiro atoms. The lowest BCUT2D eigenvalue weighted by atomic mass is 10.1. The van der Waals surface area contributed by atoms with Crippen molar-refractivity contribution in [1.29, 1.82) is 5.26 Å². The summed E-state index contributed by atoms with van der Waals surface area (Å²) in [5, 5.41) is 12.8. The second kappa shape index (κ2) is 4.73. The summed E-state index contributed by atoms with van der Waals surface area (Å²) in [6.07, 6.45) is 3.24. The lowest BCUT2D eigenvalue weighted by Gasteiger charge is -2.19. The Balaban J connectivity index is 2.21. The molecule has 0 radical (unpaired) electrons. The number of nitrogens with one attached hydrogen (secondary N) is 1. The Labute approximate surface area is 100 Å². The average molecular weight is 236 g/mol. The summed E-state index contributed by atoms with van der Waals surface area (Å²) in [4.78, 5) is 0. The molecular formula is C12H14ClN3. The number of halogens is 1. The molecule has 2 atom stereocenters. The van der Waals surface area contributed by atoms with Crippen LogP contribution in [0, 0.1) is 11.3 Å². The highest BCUT2D eigenvalue weighted by molar-refractivity contribution is 6.32. The molecule has 0 aromatic heterocycles. The predicted octanol–water partition coefficient (Wildman–Crippen LogP) is 2.50. The Morgan fingerprint density at radius 3 is 2.88 bits per heavy atom. The molecule has 3 N–H and O–H groups in total. The quantitative estimate of drug-likeness (QED) is 0.828. The first-order valence-electron chi connectivity index (χ1n) is 5.43. The Hall–Kier alpha value is -1.24. The predicted molar refractivity (Wildman–Crippen MR) is 65.4 cm³/mol. The number of anilines is 1. The zero-order valence-electron chi connectivity index (χ0n) is 8.91. The zero-order valence-corrected chi connectivity index (χ0v) is 9.67. The van der Waals surface area contributed by atoms with E-state index in [2.05, 4.69) is 11.4 Å². The Morgan fingerprint density at radius 1 is 1.44 bits per heavy atom. The molecule has 1 aromatic rings. The standard InChI is InChI=1S/C12H14ClN3/c13-9-3-1-5-11(8(9)7-14)16-12-6-2-4-10(12)15/h1,3,5,10,12,16H,2,4,6,15H2. The number of nitriles is 1. The van der Waals surface area contributed by atoms with E-state index in [1.54, 1.807) is 6.07 Å². The van der Waals surface area contributed by atoms with Gasteiger partial charge < -0.3 is 11.1 Å². The fourth-order valence-corrected chi connectivity index (χ4v) is 2.34. The minimum Gasteiger partial charge on any atom is -0.380 e. The molecule has 1 saturated carbocycles. The van der Waals surface area contributed by atoms with Gasteiger partial charge in [-0.3, -0.25) is 0 Å². The van der Waals surface area contributed by atoms with E-state index in [1.165, 1.54) is 0 Å². The zero-order chi connectivity index (χ0) is 11.5. The van der Waals surface area contributed by atoms with Crippen LogP contribution in [0.25, 0.3) is 0 Å². The first-order valence-corrected chi connectivity index (χ1v) is 5.81. The lowest BCUT2D eigenvalue weighted by molar-refractivity contribution is 0.638. The number of benzene rings is 1. The third-order valence-corrected chi connectivity index (χ3v) is 3.35. The molecule has 0 amide bonds. The van der Waals surface area contributed by atoms with Crippen molar-refractivity contribution in [3.8, 4) is 6.07 Å². The molecule has 0 aliphatic heterocycles. The fraction of sp³-hybridized carbons (Fsp3) is 0.417. The number of hydrogen-bond donors (Lipinski definition) is 2. The fourth-order valence-electron chi connectivity index (χ4n) is 2.13. The van der Waals surface area contributed by atoms with E-state index in [1.807, 2.05) is 12.1 Å².